The summed E-state index contributed by atoms with van der Waals surface area (Å²) >= 11 is 1.67. The van der Waals surface area contributed by atoms with Gasteiger partial charge in [0.15, 0.2) is 11.6 Å². The van der Waals surface area contributed by atoms with Crippen LogP contribution in [0.5, 0.6) is 5.75 Å². The zero-order valence-corrected chi connectivity index (χ0v) is 11.3. The second-order valence-corrected chi connectivity index (χ2v) is 5.78. The third kappa shape index (κ3) is 4.56. The van der Waals surface area contributed by atoms with Gasteiger partial charge in [-0.3, -0.25) is 0 Å². The number of benzene rings is 1. The van der Waals surface area contributed by atoms with E-state index in [4.69, 9.17) is 4.74 Å². The van der Waals surface area contributed by atoms with Crippen LogP contribution in [0, 0.1) is 5.82 Å². The van der Waals surface area contributed by atoms with Gasteiger partial charge in [0.2, 0.25) is 0 Å². The van der Waals surface area contributed by atoms with Crippen molar-refractivity contribution in [2.75, 3.05) is 12.9 Å². The average molecular weight is 258 g/mol. The van der Waals surface area contributed by atoms with Crippen LogP contribution >= 0.6 is 11.8 Å². The van der Waals surface area contributed by atoms with Crippen molar-refractivity contribution >= 4 is 11.8 Å². The minimum absolute atomic E-state index is 0.228. The van der Waals surface area contributed by atoms with E-state index in [-0.39, 0.29) is 11.6 Å². The lowest BCUT2D eigenvalue weighted by molar-refractivity contribution is 0.198. The predicted molar refractivity (Wildman–Crippen MR) is 70.3 cm³/mol. The summed E-state index contributed by atoms with van der Waals surface area (Å²) in [5, 5.41) is 10.3. The van der Waals surface area contributed by atoms with Gasteiger partial charge in [0, 0.05) is 12.2 Å². The number of thioether (sulfide) groups is 1. The van der Waals surface area contributed by atoms with E-state index in [1.165, 1.54) is 7.11 Å². The molecule has 0 radical (unpaired) electrons. The molecule has 2 nitrogen and oxygen atoms in total. The number of rotatable bonds is 6. The van der Waals surface area contributed by atoms with E-state index in [0.29, 0.717) is 23.0 Å². The van der Waals surface area contributed by atoms with E-state index >= 15 is 0 Å². The van der Waals surface area contributed by atoms with Gasteiger partial charge in [-0.15, -0.1) is 0 Å². The van der Waals surface area contributed by atoms with Crippen LogP contribution in [0.15, 0.2) is 18.2 Å². The second-order valence-electron chi connectivity index (χ2n) is 4.17. The Labute approximate surface area is 106 Å². The van der Waals surface area contributed by atoms with Crippen molar-refractivity contribution in [3.05, 3.63) is 29.6 Å². The number of aliphatic hydroxyl groups excluding tert-OH is 1. The van der Waals surface area contributed by atoms with Gasteiger partial charge in [-0.05, 0) is 16.9 Å². The lowest BCUT2D eigenvalue weighted by Crippen LogP contribution is -2.16. The molecule has 1 unspecified atom stereocenters. The van der Waals surface area contributed by atoms with E-state index in [2.05, 4.69) is 13.8 Å². The zero-order chi connectivity index (χ0) is 12.8. The molecular weight excluding hydrogens is 239 g/mol. The maximum Gasteiger partial charge on any atom is 0.168 e. The summed E-state index contributed by atoms with van der Waals surface area (Å²) in [6.07, 6.45) is -0.202. The molecule has 0 spiro atoms. The first-order valence-corrected chi connectivity index (χ1v) is 6.70. The molecule has 0 amide bonds. The van der Waals surface area contributed by atoms with Gasteiger partial charge in [-0.2, -0.15) is 11.8 Å². The van der Waals surface area contributed by atoms with Crippen LogP contribution in [0.2, 0.25) is 0 Å². The third-order valence-corrected chi connectivity index (χ3v) is 3.58. The number of aliphatic hydroxyl groups is 1. The Morgan fingerprint density at radius 1 is 1.41 bits per heavy atom. The molecule has 0 bridgehead atoms. The summed E-state index contributed by atoms with van der Waals surface area (Å²) in [5.74, 6) is 0.476. The van der Waals surface area contributed by atoms with Gasteiger partial charge in [0.1, 0.15) is 0 Å². The Balaban J connectivity index is 2.62. The van der Waals surface area contributed by atoms with Crippen molar-refractivity contribution in [3.63, 3.8) is 0 Å². The Bertz CT molecular complexity index is 355. The molecule has 4 heteroatoms. The molecule has 0 fully saturated rings. The Morgan fingerprint density at radius 2 is 2.12 bits per heavy atom. The monoisotopic (exact) mass is 258 g/mol. The van der Waals surface area contributed by atoms with Gasteiger partial charge in [0.05, 0.1) is 13.2 Å². The third-order valence-electron chi connectivity index (χ3n) is 2.34. The van der Waals surface area contributed by atoms with Gasteiger partial charge in [0.25, 0.3) is 0 Å². The standard InChI is InChI=1S/C13H19FO2S/c1-9(2)17-8-11(15)7-10-5-4-6-12(16-3)13(10)14/h4-6,9,11,15H,7-8H2,1-3H3. The maximum atomic E-state index is 13.8. The van der Waals surface area contributed by atoms with E-state index in [9.17, 15) is 9.50 Å². The first-order chi connectivity index (χ1) is 8.04. The molecule has 96 valence electrons. The van der Waals surface area contributed by atoms with Crippen molar-refractivity contribution in [3.8, 4) is 5.75 Å². The fourth-order valence-electron chi connectivity index (χ4n) is 1.49. The summed E-state index contributed by atoms with van der Waals surface area (Å²) in [4.78, 5) is 0. The van der Waals surface area contributed by atoms with Crippen molar-refractivity contribution in [1.29, 1.82) is 0 Å². The smallest absolute Gasteiger partial charge is 0.168 e. The molecule has 1 rings (SSSR count). The number of halogens is 1. The first-order valence-electron chi connectivity index (χ1n) is 5.65. The minimum atomic E-state index is -0.524. The number of hydrogen-bond acceptors (Lipinski definition) is 3. The van der Waals surface area contributed by atoms with Crippen LogP contribution in [0.25, 0.3) is 0 Å². The first kappa shape index (κ1) is 14.3. The highest BCUT2D eigenvalue weighted by atomic mass is 32.2. The molecule has 0 saturated heterocycles. The van der Waals surface area contributed by atoms with E-state index in [1.54, 1.807) is 30.0 Å². The van der Waals surface area contributed by atoms with Gasteiger partial charge < -0.3 is 9.84 Å². The van der Waals surface area contributed by atoms with E-state index < -0.39 is 6.10 Å². The Hall–Kier alpha value is -0.740. The highest BCUT2D eigenvalue weighted by Gasteiger charge is 2.13. The van der Waals surface area contributed by atoms with Crippen molar-refractivity contribution in [2.24, 2.45) is 0 Å². The topological polar surface area (TPSA) is 29.5 Å². The van der Waals surface area contributed by atoms with Crippen molar-refractivity contribution < 1.29 is 14.2 Å². The lowest BCUT2D eigenvalue weighted by atomic mass is 10.1. The quantitative estimate of drug-likeness (QED) is 0.851. The number of ether oxygens (including phenoxy) is 1. The SMILES string of the molecule is COc1cccc(CC(O)CSC(C)C)c1F. The fourth-order valence-corrected chi connectivity index (χ4v) is 2.21. The molecule has 0 heterocycles. The fraction of sp³-hybridized carbons (Fsp3) is 0.538. The molecule has 0 aliphatic heterocycles. The van der Waals surface area contributed by atoms with Crippen LogP contribution in [-0.2, 0) is 6.42 Å². The molecule has 1 aromatic rings. The molecule has 1 atom stereocenters. The summed E-state index contributed by atoms with van der Waals surface area (Å²) in [5.41, 5.74) is 0.501. The summed E-state index contributed by atoms with van der Waals surface area (Å²) in [7, 11) is 1.44. The average Bonchev–Trinajstić information content (AvgIpc) is 2.29. The number of hydrogen-bond donors (Lipinski definition) is 1. The highest BCUT2D eigenvalue weighted by molar-refractivity contribution is 7.99. The van der Waals surface area contributed by atoms with Gasteiger partial charge in [-0.25, -0.2) is 4.39 Å². The lowest BCUT2D eigenvalue weighted by Gasteiger charge is -2.13. The molecule has 0 saturated carbocycles. The van der Waals surface area contributed by atoms with Crippen LogP contribution in [0.1, 0.15) is 19.4 Å². The highest BCUT2D eigenvalue weighted by Crippen LogP contribution is 2.22. The molecule has 0 aromatic heterocycles. The van der Waals surface area contributed by atoms with Crippen molar-refractivity contribution in [2.45, 2.75) is 31.6 Å². The molecule has 0 aliphatic rings. The Morgan fingerprint density at radius 3 is 2.71 bits per heavy atom. The summed E-state index contributed by atoms with van der Waals surface area (Å²) in [6, 6.07) is 4.99. The van der Waals surface area contributed by atoms with Crippen LogP contribution in [0.3, 0.4) is 0 Å². The zero-order valence-electron chi connectivity index (χ0n) is 10.4. The molecule has 1 N–H and O–H groups in total. The molecular formula is C13H19FO2S. The maximum absolute atomic E-state index is 13.8. The molecule has 17 heavy (non-hydrogen) atoms. The minimum Gasteiger partial charge on any atom is -0.494 e. The normalized spacial score (nSPS) is 12.8. The molecule has 1 aromatic carbocycles. The number of methoxy groups -OCH3 is 1. The predicted octanol–water partition coefficient (Wildman–Crippen LogP) is 2.88. The Kier molecular flexibility index (Phi) is 5.78. The second kappa shape index (κ2) is 6.87. The molecule has 0 aliphatic carbocycles. The van der Waals surface area contributed by atoms with Crippen molar-refractivity contribution in [1.82, 2.24) is 0 Å². The van der Waals surface area contributed by atoms with E-state index in [1.807, 2.05) is 0 Å². The van der Waals surface area contributed by atoms with Crippen LogP contribution in [0.4, 0.5) is 4.39 Å². The largest absolute Gasteiger partial charge is 0.494 e. The van der Waals surface area contributed by atoms with Gasteiger partial charge >= 0.3 is 0 Å². The summed E-state index contributed by atoms with van der Waals surface area (Å²) < 4.78 is 18.7. The van der Waals surface area contributed by atoms with Crippen LogP contribution < -0.4 is 4.74 Å². The van der Waals surface area contributed by atoms with E-state index in [0.717, 1.165) is 0 Å². The van der Waals surface area contributed by atoms with Gasteiger partial charge in [-0.1, -0.05) is 26.0 Å². The summed E-state index contributed by atoms with van der Waals surface area (Å²) in [6.45, 7) is 4.15. The van der Waals surface area contributed by atoms with Crippen LogP contribution in [-0.4, -0.2) is 29.3 Å².